The summed E-state index contributed by atoms with van der Waals surface area (Å²) in [6.45, 7) is 7.76. The lowest BCUT2D eigenvalue weighted by Crippen LogP contribution is -2.45. The lowest BCUT2D eigenvalue weighted by Gasteiger charge is -2.35. The van der Waals surface area contributed by atoms with Crippen molar-refractivity contribution in [1.29, 1.82) is 0 Å². The predicted octanol–water partition coefficient (Wildman–Crippen LogP) is 2.92. The third-order valence-corrected chi connectivity index (χ3v) is 4.32. The Morgan fingerprint density at radius 1 is 1.40 bits per heavy atom. The van der Waals surface area contributed by atoms with Gasteiger partial charge in [-0.15, -0.1) is 12.4 Å². The van der Waals surface area contributed by atoms with Crippen LogP contribution in [0, 0.1) is 19.8 Å². The number of carbonyl (C=O) groups is 1. The molecule has 0 saturated carbocycles. The summed E-state index contributed by atoms with van der Waals surface area (Å²) in [5.41, 5.74) is 9.09. The minimum Gasteiger partial charge on any atom is -0.338 e. The summed E-state index contributed by atoms with van der Waals surface area (Å²) in [6.07, 6.45) is 2.19. The molecule has 0 radical (unpaired) electrons. The number of hydrogen-bond donors (Lipinski definition) is 1. The molecule has 0 aliphatic carbocycles. The second-order valence-electron chi connectivity index (χ2n) is 5.76. The number of rotatable bonds is 2. The van der Waals surface area contributed by atoms with E-state index in [-0.39, 0.29) is 24.4 Å². The molecule has 112 valence electrons. The number of piperidine rings is 1. The molecule has 1 heterocycles. The van der Waals surface area contributed by atoms with Gasteiger partial charge in [0.15, 0.2) is 0 Å². The molecule has 2 rings (SSSR count). The van der Waals surface area contributed by atoms with Crippen molar-refractivity contribution >= 4 is 18.3 Å². The third kappa shape index (κ3) is 3.53. The van der Waals surface area contributed by atoms with Crippen molar-refractivity contribution in [3.8, 4) is 0 Å². The van der Waals surface area contributed by atoms with Gasteiger partial charge in [-0.3, -0.25) is 4.79 Å². The lowest BCUT2D eigenvalue weighted by atomic mass is 9.91. The van der Waals surface area contributed by atoms with Gasteiger partial charge < -0.3 is 10.6 Å². The van der Waals surface area contributed by atoms with Crippen LogP contribution in [-0.4, -0.2) is 29.9 Å². The smallest absolute Gasteiger partial charge is 0.254 e. The first kappa shape index (κ1) is 17.0. The molecule has 1 aromatic carbocycles. The molecule has 0 spiro atoms. The van der Waals surface area contributed by atoms with Crippen molar-refractivity contribution in [2.45, 2.75) is 39.7 Å². The van der Waals surface area contributed by atoms with E-state index >= 15 is 0 Å². The van der Waals surface area contributed by atoms with E-state index in [1.807, 2.05) is 43.9 Å². The predicted molar refractivity (Wildman–Crippen MR) is 85.4 cm³/mol. The number of nitrogens with zero attached hydrogens (tertiary/aromatic N) is 1. The van der Waals surface area contributed by atoms with Crippen LogP contribution < -0.4 is 5.73 Å². The first-order valence-corrected chi connectivity index (χ1v) is 7.11. The summed E-state index contributed by atoms with van der Waals surface area (Å²) in [6, 6.07) is 6.10. The van der Waals surface area contributed by atoms with Crippen LogP contribution in [0.5, 0.6) is 0 Å². The number of likely N-dealkylation sites (tertiary alicyclic amines) is 1. The maximum atomic E-state index is 12.6. The highest BCUT2D eigenvalue weighted by Crippen LogP contribution is 2.22. The molecular weight excluding hydrogens is 272 g/mol. The van der Waals surface area contributed by atoms with Gasteiger partial charge in [0.25, 0.3) is 5.91 Å². The summed E-state index contributed by atoms with van der Waals surface area (Å²) in [5.74, 6) is 0.592. The second kappa shape index (κ2) is 7.09. The molecule has 2 unspecified atom stereocenters. The van der Waals surface area contributed by atoms with E-state index in [0.29, 0.717) is 5.92 Å². The molecule has 1 aromatic rings. The van der Waals surface area contributed by atoms with E-state index in [1.54, 1.807) is 0 Å². The summed E-state index contributed by atoms with van der Waals surface area (Å²) < 4.78 is 0. The fourth-order valence-electron chi connectivity index (χ4n) is 2.78. The van der Waals surface area contributed by atoms with Crippen LogP contribution in [-0.2, 0) is 0 Å². The molecule has 1 fully saturated rings. The summed E-state index contributed by atoms with van der Waals surface area (Å²) in [7, 11) is 0. The number of carbonyl (C=O) groups excluding carboxylic acids is 1. The van der Waals surface area contributed by atoms with Crippen LogP contribution in [0.3, 0.4) is 0 Å². The van der Waals surface area contributed by atoms with E-state index in [1.165, 1.54) is 5.56 Å². The van der Waals surface area contributed by atoms with Crippen LogP contribution in [0.1, 0.15) is 41.3 Å². The number of nitrogens with two attached hydrogens (primary N) is 1. The van der Waals surface area contributed by atoms with Gasteiger partial charge in [0, 0.05) is 24.7 Å². The molecule has 2 atom stereocenters. The molecule has 1 aliphatic heterocycles. The van der Waals surface area contributed by atoms with Gasteiger partial charge in [-0.05, 0) is 56.7 Å². The summed E-state index contributed by atoms with van der Waals surface area (Å²) in [5, 5.41) is 0. The lowest BCUT2D eigenvalue weighted by molar-refractivity contribution is 0.0660. The van der Waals surface area contributed by atoms with Crippen molar-refractivity contribution in [1.82, 2.24) is 4.90 Å². The van der Waals surface area contributed by atoms with Gasteiger partial charge in [0.1, 0.15) is 0 Å². The molecule has 1 aliphatic rings. The van der Waals surface area contributed by atoms with Gasteiger partial charge in [-0.1, -0.05) is 12.1 Å². The number of benzene rings is 1. The highest BCUT2D eigenvalue weighted by molar-refractivity contribution is 5.96. The number of aryl methyl sites for hydroxylation is 1. The molecule has 20 heavy (non-hydrogen) atoms. The fraction of sp³-hybridized carbons (Fsp3) is 0.562. The SMILES string of the molecule is Cc1cccc(C(=O)N2CCCC(C(C)N)C2)c1C.Cl. The molecule has 3 nitrogen and oxygen atoms in total. The Morgan fingerprint density at radius 3 is 2.75 bits per heavy atom. The van der Waals surface area contributed by atoms with Crippen molar-refractivity contribution < 1.29 is 4.79 Å². The Hall–Kier alpha value is -1.06. The van der Waals surface area contributed by atoms with Gasteiger partial charge in [0.05, 0.1) is 0 Å². The Labute approximate surface area is 127 Å². The first-order valence-electron chi connectivity index (χ1n) is 7.11. The summed E-state index contributed by atoms with van der Waals surface area (Å²) in [4.78, 5) is 14.6. The second-order valence-corrected chi connectivity index (χ2v) is 5.76. The zero-order valence-corrected chi connectivity index (χ0v) is 13.4. The average Bonchev–Trinajstić information content (AvgIpc) is 2.41. The number of halogens is 1. The molecular formula is C16H25ClN2O. The Balaban J connectivity index is 0.00000200. The minimum atomic E-state index is 0. The van der Waals surface area contributed by atoms with Crippen LogP contribution >= 0.6 is 12.4 Å². The van der Waals surface area contributed by atoms with E-state index in [0.717, 1.165) is 37.1 Å². The maximum Gasteiger partial charge on any atom is 0.254 e. The van der Waals surface area contributed by atoms with Crippen molar-refractivity contribution in [3.63, 3.8) is 0 Å². The molecule has 0 aromatic heterocycles. The Kier molecular flexibility index (Phi) is 6.03. The Morgan fingerprint density at radius 2 is 2.10 bits per heavy atom. The van der Waals surface area contributed by atoms with Gasteiger partial charge in [-0.25, -0.2) is 0 Å². The number of hydrogen-bond acceptors (Lipinski definition) is 2. The largest absolute Gasteiger partial charge is 0.338 e. The normalized spacial score (nSPS) is 20.2. The van der Waals surface area contributed by atoms with E-state index < -0.39 is 0 Å². The highest BCUT2D eigenvalue weighted by Gasteiger charge is 2.27. The molecule has 0 bridgehead atoms. The van der Waals surface area contributed by atoms with Crippen LogP contribution in [0.15, 0.2) is 18.2 Å². The van der Waals surface area contributed by atoms with Crippen molar-refractivity contribution in [3.05, 3.63) is 34.9 Å². The zero-order valence-electron chi connectivity index (χ0n) is 12.6. The van der Waals surface area contributed by atoms with Gasteiger partial charge in [-0.2, -0.15) is 0 Å². The van der Waals surface area contributed by atoms with Gasteiger partial charge in [0.2, 0.25) is 0 Å². The average molecular weight is 297 g/mol. The van der Waals surface area contributed by atoms with Crippen molar-refractivity contribution in [2.75, 3.05) is 13.1 Å². The van der Waals surface area contributed by atoms with Crippen LogP contribution in [0.25, 0.3) is 0 Å². The standard InChI is InChI=1S/C16H24N2O.ClH/c1-11-6-4-8-15(12(11)2)16(19)18-9-5-7-14(10-18)13(3)17;/h4,6,8,13-14H,5,7,9-10,17H2,1-3H3;1H. The monoisotopic (exact) mass is 296 g/mol. The molecule has 4 heteroatoms. The van der Waals surface area contributed by atoms with Gasteiger partial charge >= 0.3 is 0 Å². The Bertz CT molecular complexity index is 474. The van der Waals surface area contributed by atoms with Crippen molar-refractivity contribution in [2.24, 2.45) is 11.7 Å². The van der Waals surface area contributed by atoms with E-state index in [9.17, 15) is 4.79 Å². The highest BCUT2D eigenvalue weighted by atomic mass is 35.5. The number of amides is 1. The van der Waals surface area contributed by atoms with Crippen LogP contribution in [0.4, 0.5) is 0 Å². The van der Waals surface area contributed by atoms with E-state index in [4.69, 9.17) is 5.73 Å². The maximum absolute atomic E-state index is 12.6. The summed E-state index contributed by atoms with van der Waals surface area (Å²) >= 11 is 0. The quantitative estimate of drug-likeness (QED) is 0.912. The molecule has 1 amide bonds. The third-order valence-electron chi connectivity index (χ3n) is 4.32. The van der Waals surface area contributed by atoms with Crippen LogP contribution in [0.2, 0.25) is 0 Å². The molecule has 1 saturated heterocycles. The van der Waals surface area contributed by atoms with E-state index in [2.05, 4.69) is 0 Å². The minimum absolute atomic E-state index is 0. The first-order chi connectivity index (χ1) is 9.00. The zero-order chi connectivity index (χ0) is 14.0. The topological polar surface area (TPSA) is 46.3 Å². The fourth-order valence-corrected chi connectivity index (χ4v) is 2.78. The molecule has 2 N–H and O–H groups in total.